The zero-order valence-corrected chi connectivity index (χ0v) is 15.7. The highest BCUT2D eigenvalue weighted by Crippen LogP contribution is 2.26. The van der Waals surface area contributed by atoms with E-state index >= 15 is 0 Å². The number of nitrogens with zero attached hydrogens (tertiary/aromatic N) is 1. The van der Waals surface area contributed by atoms with E-state index in [0.29, 0.717) is 6.07 Å². The largest absolute Gasteiger partial charge is 0.319 e. The predicted molar refractivity (Wildman–Crippen MR) is 95.9 cm³/mol. The van der Waals surface area contributed by atoms with Crippen LogP contribution in [0.15, 0.2) is 41.3 Å². The lowest BCUT2D eigenvalue weighted by Crippen LogP contribution is -2.31. The fourth-order valence-corrected chi connectivity index (χ4v) is 4.29. The molecule has 0 saturated carbocycles. The molecule has 5 nitrogen and oxygen atoms in total. The summed E-state index contributed by atoms with van der Waals surface area (Å²) < 4.78 is 53.1. The van der Waals surface area contributed by atoms with Crippen molar-refractivity contribution in [2.45, 2.75) is 18.7 Å². The second kappa shape index (κ2) is 8.11. The van der Waals surface area contributed by atoms with Crippen LogP contribution in [0.4, 0.5) is 14.5 Å². The van der Waals surface area contributed by atoms with E-state index in [2.05, 4.69) is 5.32 Å². The van der Waals surface area contributed by atoms with Gasteiger partial charge in [-0.1, -0.05) is 25.4 Å². The summed E-state index contributed by atoms with van der Waals surface area (Å²) in [6, 6.07) is 6.44. The highest BCUT2D eigenvalue weighted by atomic mass is 35.5. The Hall–Kier alpha value is -2.03. The minimum absolute atomic E-state index is 0.0242. The molecule has 0 radical (unpaired) electrons. The van der Waals surface area contributed by atoms with Crippen LogP contribution in [0.5, 0.6) is 0 Å². The van der Waals surface area contributed by atoms with E-state index in [0.717, 1.165) is 18.2 Å². The van der Waals surface area contributed by atoms with Crippen LogP contribution in [-0.2, 0) is 10.0 Å². The molecule has 9 heteroatoms. The van der Waals surface area contributed by atoms with Crippen LogP contribution < -0.4 is 5.32 Å². The Bertz CT molecular complexity index is 932. The molecule has 2 aromatic carbocycles. The first-order valence-electron chi connectivity index (χ1n) is 7.76. The van der Waals surface area contributed by atoms with Gasteiger partial charge in [-0.25, -0.2) is 17.2 Å². The zero-order chi connectivity index (χ0) is 19.5. The van der Waals surface area contributed by atoms with Gasteiger partial charge in [-0.15, -0.1) is 0 Å². The third-order valence-corrected chi connectivity index (χ3v) is 6.23. The highest BCUT2D eigenvalue weighted by Gasteiger charge is 2.25. The van der Waals surface area contributed by atoms with Gasteiger partial charge in [0.25, 0.3) is 5.91 Å². The van der Waals surface area contributed by atoms with Gasteiger partial charge in [-0.3, -0.25) is 4.79 Å². The minimum Gasteiger partial charge on any atom is -0.319 e. The molecule has 0 saturated heterocycles. The van der Waals surface area contributed by atoms with E-state index in [1.54, 1.807) is 13.8 Å². The van der Waals surface area contributed by atoms with Gasteiger partial charge in [0.2, 0.25) is 10.0 Å². The van der Waals surface area contributed by atoms with Crippen molar-refractivity contribution in [2.24, 2.45) is 0 Å². The molecule has 0 aromatic heterocycles. The Morgan fingerprint density at radius 3 is 2.35 bits per heavy atom. The van der Waals surface area contributed by atoms with Gasteiger partial charge in [0.05, 0.1) is 10.7 Å². The number of hydrogen-bond acceptors (Lipinski definition) is 3. The molecule has 1 N–H and O–H groups in total. The molecule has 2 rings (SSSR count). The van der Waals surface area contributed by atoms with E-state index in [4.69, 9.17) is 11.6 Å². The molecule has 0 fully saturated rings. The Balaban J connectivity index is 2.38. The van der Waals surface area contributed by atoms with Crippen molar-refractivity contribution in [3.8, 4) is 0 Å². The number of carbonyl (C=O) groups excluding carboxylic acids is 1. The molecule has 1 amide bonds. The number of benzene rings is 2. The maximum absolute atomic E-state index is 13.7. The molecule has 0 spiro atoms. The number of amides is 1. The fraction of sp³-hybridized carbons (Fsp3) is 0.235. The van der Waals surface area contributed by atoms with Crippen LogP contribution in [0.2, 0.25) is 5.02 Å². The van der Waals surface area contributed by atoms with Crippen LogP contribution in [-0.4, -0.2) is 31.7 Å². The van der Waals surface area contributed by atoms with E-state index in [1.807, 2.05) is 0 Å². The summed E-state index contributed by atoms with van der Waals surface area (Å²) >= 11 is 6.01. The number of halogens is 3. The Labute approximate surface area is 155 Å². The van der Waals surface area contributed by atoms with E-state index < -0.39 is 27.6 Å². The molecule has 140 valence electrons. The summed E-state index contributed by atoms with van der Waals surface area (Å²) in [6.45, 7) is 3.85. The number of anilines is 1. The molecule has 0 aliphatic heterocycles. The second-order valence-electron chi connectivity index (χ2n) is 5.31. The first kappa shape index (κ1) is 20.3. The number of hydrogen-bond donors (Lipinski definition) is 1. The maximum atomic E-state index is 13.7. The molecule has 2 aromatic rings. The smallest absolute Gasteiger partial charge is 0.255 e. The quantitative estimate of drug-likeness (QED) is 0.796. The number of rotatable bonds is 6. The number of carbonyl (C=O) groups is 1. The summed E-state index contributed by atoms with van der Waals surface area (Å²) in [7, 11) is -3.88. The van der Waals surface area contributed by atoms with Crippen molar-refractivity contribution in [3.63, 3.8) is 0 Å². The summed E-state index contributed by atoms with van der Waals surface area (Å²) in [4.78, 5) is 12.1. The van der Waals surface area contributed by atoms with Gasteiger partial charge in [-0.2, -0.15) is 4.31 Å². The van der Waals surface area contributed by atoms with Crippen molar-refractivity contribution in [3.05, 3.63) is 58.6 Å². The van der Waals surface area contributed by atoms with E-state index in [-0.39, 0.29) is 34.3 Å². The first-order chi connectivity index (χ1) is 12.2. The standard InChI is InChI=1S/C17H17ClF2N2O3S/c1-3-22(4-2)26(24,25)16-9-11(5-7-13(16)18)17(23)21-15-8-6-12(19)10-14(15)20/h5-10H,3-4H2,1-2H3,(H,21,23). The molecule has 0 aliphatic carbocycles. The Kier molecular flexibility index (Phi) is 6.33. The first-order valence-corrected chi connectivity index (χ1v) is 9.58. The molecule has 0 heterocycles. The SMILES string of the molecule is CCN(CC)S(=O)(=O)c1cc(C(=O)Nc2ccc(F)cc2F)ccc1Cl. The molecule has 0 aliphatic rings. The summed E-state index contributed by atoms with van der Waals surface area (Å²) in [5.41, 5.74) is -0.247. The van der Waals surface area contributed by atoms with Crippen LogP contribution >= 0.6 is 11.6 Å². The average molecular weight is 403 g/mol. The van der Waals surface area contributed by atoms with Gasteiger partial charge in [0.1, 0.15) is 16.5 Å². The zero-order valence-electron chi connectivity index (χ0n) is 14.1. The Morgan fingerprint density at radius 1 is 1.12 bits per heavy atom. The van der Waals surface area contributed by atoms with Crippen molar-refractivity contribution < 1.29 is 22.0 Å². The van der Waals surface area contributed by atoms with E-state index in [9.17, 15) is 22.0 Å². The number of sulfonamides is 1. The monoisotopic (exact) mass is 402 g/mol. The Morgan fingerprint density at radius 2 is 1.77 bits per heavy atom. The summed E-state index contributed by atoms with van der Waals surface area (Å²) in [6.07, 6.45) is 0. The van der Waals surface area contributed by atoms with Crippen LogP contribution in [0.3, 0.4) is 0 Å². The normalized spacial score (nSPS) is 11.6. The number of nitrogens with one attached hydrogen (secondary N) is 1. The maximum Gasteiger partial charge on any atom is 0.255 e. The van der Waals surface area contributed by atoms with Crippen LogP contribution in [0.25, 0.3) is 0 Å². The van der Waals surface area contributed by atoms with Crippen molar-refractivity contribution in [1.29, 1.82) is 0 Å². The van der Waals surface area contributed by atoms with Gasteiger partial charge in [0, 0.05) is 24.7 Å². The predicted octanol–water partition coefficient (Wildman–Crippen LogP) is 3.90. The van der Waals surface area contributed by atoms with Crippen molar-refractivity contribution >= 4 is 33.2 Å². The molecular formula is C17H17ClF2N2O3S. The third-order valence-electron chi connectivity index (χ3n) is 3.70. The topological polar surface area (TPSA) is 66.5 Å². The third kappa shape index (κ3) is 4.20. The van der Waals surface area contributed by atoms with Crippen LogP contribution in [0.1, 0.15) is 24.2 Å². The molecule has 26 heavy (non-hydrogen) atoms. The lowest BCUT2D eigenvalue weighted by Gasteiger charge is -2.19. The van der Waals surface area contributed by atoms with E-state index in [1.165, 1.54) is 16.4 Å². The molecule has 0 atom stereocenters. The van der Waals surface area contributed by atoms with Gasteiger partial charge in [0.15, 0.2) is 0 Å². The second-order valence-corrected chi connectivity index (χ2v) is 7.63. The molecular weight excluding hydrogens is 386 g/mol. The average Bonchev–Trinajstić information content (AvgIpc) is 2.58. The summed E-state index contributed by atoms with van der Waals surface area (Å²) in [5.74, 6) is -2.47. The van der Waals surface area contributed by atoms with Crippen molar-refractivity contribution in [1.82, 2.24) is 4.31 Å². The van der Waals surface area contributed by atoms with Gasteiger partial charge < -0.3 is 5.32 Å². The fourth-order valence-electron chi connectivity index (χ4n) is 2.33. The minimum atomic E-state index is -3.88. The molecule has 0 unspecified atom stereocenters. The van der Waals surface area contributed by atoms with Gasteiger partial charge >= 0.3 is 0 Å². The lowest BCUT2D eigenvalue weighted by molar-refractivity contribution is 0.102. The van der Waals surface area contributed by atoms with Crippen LogP contribution in [0, 0.1) is 11.6 Å². The molecule has 0 bridgehead atoms. The van der Waals surface area contributed by atoms with Gasteiger partial charge in [-0.05, 0) is 30.3 Å². The van der Waals surface area contributed by atoms with Crippen molar-refractivity contribution in [2.75, 3.05) is 18.4 Å². The summed E-state index contributed by atoms with van der Waals surface area (Å²) in [5, 5.41) is 2.25. The highest BCUT2D eigenvalue weighted by molar-refractivity contribution is 7.89. The lowest BCUT2D eigenvalue weighted by atomic mass is 10.2.